The number of nitrogens with two attached hydrogens (primary N) is 1. The first kappa shape index (κ1) is 14.8. The van der Waals surface area contributed by atoms with Gasteiger partial charge in [-0.3, -0.25) is 0 Å². The third-order valence-corrected chi connectivity index (χ3v) is 4.00. The normalized spacial score (nSPS) is 22.5. The van der Waals surface area contributed by atoms with E-state index >= 15 is 0 Å². The van der Waals surface area contributed by atoms with Gasteiger partial charge in [-0.1, -0.05) is 26.2 Å². The van der Waals surface area contributed by atoms with Crippen molar-refractivity contribution in [3.8, 4) is 6.01 Å². The van der Waals surface area contributed by atoms with Crippen molar-refractivity contribution in [1.29, 1.82) is 0 Å². The standard InChI is InChI=1S/C14H25N5O/c1-3-10-5-7-11(8-6-10)9-16-13-17-12(15)18-14(19-13)20-4-2/h10-11H,3-9H2,1-2H3,(H3,15,16,17,18,19). The van der Waals surface area contributed by atoms with E-state index in [0.29, 0.717) is 18.5 Å². The SMILES string of the molecule is CCOc1nc(N)nc(NCC2CCC(CC)CC2)n1. The van der Waals surface area contributed by atoms with Gasteiger partial charge in [-0.05, 0) is 31.6 Å². The van der Waals surface area contributed by atoms with Crippen LogP contribution in [0.25, 0.3) is 0 Å². The number of anilines is 2. The van der Waals surface area contributed by atoms with Crippen LogP contribution in [-0.2, 0) is 0 Å². The monoisotopic (exact) mass is 279 g/mol. The Bertz CT molecular complexity index is 418. The fourth-order valence-electron chi connectivity index (χ4n) is 2.72. The molecule has 6 heteroatoms. The number of nitrogen functional groups attached to an aromatic ring is 1. The van der Waals surface area contributed by atoms with Gasteiger partial charge < -0.3 is 15.8 Å². The van der Waals surface area contributed by atoms with Gasteiger partial charge in [-0.15, -0.1) is 0 Å². The number of nitrogens with zero attached hydrogens (tertiary/aromatic N) is 3. The van der Waals surface area contributed by atoms with Crippen molar-refractivity contribution in [3.05, 3.63) is 0 Å². The van der Waals surface area contributed by atoms with E-state index in [9.17, 15) is 0 Å². The summed E-state index contributed by atoms with van der Waals surface area (Å²) in [6.07, 6.45) is 6.55. The third kappa shape index (κ3) is 4.21. The molecule has 1 aromatic heterocycles. The van der Waals surface area contributed by atoms with Crippen molar-refractivity contribution < 1.29 is 4.74 Å². The molecule has 0 radical (unpaired) electrons. The van der Waals surface area contributed by atoms with Crippen LogP contribution in [0, 0.1) is 11.8 Å². The predicted octanol–water partition coefficient (Wildman–Crippen LogP) is 2.48. The van der Waals surface area contributed by atoms with Gasteiger partial charge in [-0.2, -0.15) is 15.0 Å². The van der Waals surface area contributed by atoms with Gasteiger partial charge in [0, 0.05) is 6.54 Å². The minimum Gasteiger partial charge on any atom is -0.464 e. The van der Waals surface area contributed by atoms with Gasteiger partial charge in [0.25, 0.3) is 0 Å². The maximum atomic E-state index is 5.65. The molecular weight excluding hydrogens is 254 g/mol. The summed E-state index contributed by atoms with van der Waals surface area (Å²) in [5.74, 6) is 2.33. The number of hydrogen-bond donors (Lipinski definition) is 2. The Morgan fingerprint density at radius 2 is 1.80 bits per heavy atom. The number of hydrogen-bond acceptors (Lipinski definition) is 6. The van der Waals surface area contributed by atoms with Crippen molar-refractivity contribution in [2.75, 3.05) is 24.2 Å². The van der Waals surface area contributed by atoms with E-state index < -0.39 is 0 Å². The number of rotatable bonds is 6. The van der Waals surface area contributed by atoms with Gasteiger partial charge in [0.1, 0.15) is 0 Å². The smallest absolute Gasteiger partial charge is 0.323 e. The van der Waals surface area contributed by atoms with Crippen LogP contribution in [0.3, 0.4) is 0 Å². The summed E-state index contributed by atoms with van der Waals surface area (Å²) < 4.78 is 5.27. The summed E-state index contributed by atoms with van der Waals surface area (Å²) in [5.41, 5.74) is 5.65. The van der Waals surface area contributed by atoms with Crippen molar-refractivity contribution >= 4 is 11.9 Å². The molecule has 112 valence electrons. The van der Waals surface area contributed by atoms with Crippen LogP contribution >= 0.6 is 0 Å². The van der Waals surface area contributed by atoms with E-state index in [4.69, 9.17) is 10.5 Å². The molecule has 6 nitrogen and oxygen atoms in total. The average Bonchev–Trinajstić information content (AvgIpc) is 2.45. The second kappa shape index (κ2) is 7.26. The third-order valence-electron chi connectivity index (χ3n) is 4.00. The van der Waals surface area contributed by atoms with E-state index in [1.165, 1.54) is 32.1 Å². The lowest BCUT2D eigenvalue weighted by atomic mass is 9.81. The Labute approximate surface area is 120 Å². The lowest BCUT2D eigenvalue weighted by molar-refractivity contribution is 0.277. The van der Waals surface area contributed by atoms with E-state index in [1.54, 1.807) is 0 Å². The molecule has 0 aromatic carbocycles. The summed E-state index contributed by atoms with van der Waals surface area (Å²) in [6, 6.07) is 0.289. The molecule has 1 aromatic rings. The number of ether oxygens (including phenoxy) is 1. The molecule has 1 heterocycles. The zero-order chi connectivity index (χ0) is 14.4. The molecule has 0 aliphatic heterocycles. The van der Waals surface area contributed by atoms with E-state index in [1.807, 2.05) is 6.92 Å². The molecule has 0 bridgehead atoms. The molecule has 1 aliphatic rings. The van der Waals surface area contributed by atoms with Gasteiger partial charge in [0.05, 0.1) is 6.61 Å². The van der Waals surface area contributed by atoms with Crippen LogP contribution in [0.5, 0.6) is 6.01 Å². The first-order valence-corrected chi connectivity index (χ1v) is 7.59. The van der Waals surface area contributed by atoms with Crippen LogP contribution in [0.2, 0.25) is 0 Å². The minimum atomic E-state index is 0.195. The fourth-order valence-corrected chi connectivity index (χ4v) is 2.72. The Morgan fingerprint density at radius 1 is 1.10 bits per heavy atom. The van der Waals surface area contributed by atoms with Crippen LogP contribution < -0.4 is 15.8 Å². The topological polar surface area (TPSA) is 86.0 Å². The summed E-state index contributed by atoms with van der Waals surface area (Å²) in [7, 11) is 0. The maximum absolute atomic E-state index is 5.65. The zero-order valence-electron chi connectivity index (χ0n) is 12.4. The summed E-state index contributed by atoms with van der Waals surface area (Å²) in [5, 5.41) is 3.26. The van der Waals surface area contributed by atoms with Gasteiger partial charge in [-0.25, -0.2) is 0 Å². The van der Waals surface area contributed by atoms with Crippen molar-refractivity contribution in [1.82, 2.24) is 15.0 Å². The van der Waals surface area contributed by atoms with Crippen LogP contribution in [0.4, 0.5) is 11.9 Å². The van der Waals surface area contributed by atoms with E-state index in [2.05, 4.69) is 27.2 Å². The Kier molecular flexibility index (Phi) is 5.38. The highest BCUT2D eigenvalue weighted by molar-refractivity contribution is 5.32. The van der Waals surface area contributed by atoms with Crippen LogP contribution in [0.15, 0.2) is 0 Å². The second-order valence-electron chi connectivity index (χ2n) is 5.41. The fraction of sp³-hybridized carbons (Fsp3) is 0.786. The number of aromatic nitrogens is 3. The zero-order valence-corrected chi connectivity index (χ0v) is 12.4. The lowest BCUT2D eigenvalue weighted by Gasteiger charge is -2.27. The highest BCUT2D eigenvalue weighted by Gasteiger charge is 2.20. The number of nitrogens with one attached hydrogen (secondary N) is 1. The van der Waals surface area contributed by atoms with E-state index in [0.717, 1.165) is 12.5 Å². The highest BCUT2D eigenvalue weighted by atomic mass is 16.5. The van der Waals surface area contributed by atoms with Crippen molar-refractivity contribution in [2.45, 2.75) is 46.0 Å². The predicted molar refractivity (Wildman–Crippen MR) is 79.6 cm³/mol. The average molecular weight is 279 g/mol. The molecule has 1 fully saturated rings. The summed E-state index contributed by atoms with van der Waals surface area (Å²) in [4.78, 5) is 12.2. The Hall–Kier alpha value is -1.59. The molecule has 2 rings (SSSR count). The van der Waals surface area contributed by atoms with Crippen molar-refractivity contribution in [2.24, 2.45) is 11.8 Å². The Morgan fingerprint density at radius 3 is 2.45 bits per heavy atom. The molecule has 0 amide bonds. The molecule has 0 atom stereocenters. The van der Waals surface area contributed by atoms with Crippen molar-refractivity contribution in [3.63, 3.8) is 0 Å². The molecule has 20 heavy (non-hydrogen) atoms. The molecule has 1 aliphatic carbocycles. The minimum absolute atomic E-state index is 0.195. The van der Waals surface area contributed by atoms with E-state index in [-0.39, 0.29) is 12.0 Å². The lowest BCUT2D eigenvalue weighted by Crippen LogP contribution is -2.22. The molecule has 0 spiro atoms. The van der Waals surface area contributed by atoms with Gasteiger partial charge in [0.2, 0.25) is 11.9 Å². The van der Waals surface area contributed by atoms with Gasteiger partial charge >= 0.3 is 6.01 Å². The van der Waals surface area contributed by atoms with Crippen LogP contribution in [0.1, 0.15) is 46.0 Å². The molecule has 1 saturated carbocycles. The van der Waals surface area contributed by atoms with Crippen LogP contribution in [-0.4, -0.2) is 28.1 Å². The molecule has 0 unspecified atom stereocenters. The summed E-state index contributed by atoms with van der Waals surface area (Å²) >= 11 is 0. The van der Waals surface area contributed by atoms with Gasteiger partial charge in [0.15, 0.2) is 0 Å². The second-order valence-corrected chi connectivity index (χ2v) is 5.41. The largest absolute Gasteiger partial charge is 0.464 e. The molecule has 3 N–H and O–H groups in total. The molecular formula is C14H25N5O. The molecule has 0 saturated heterocycles. The Balaban J connectivity index is 1.84. The quantitative estimate of drug-likeness (QED) is 0.832. The first-order valence-electron chi connectivity index (χ1n) is 7.59. The summed E-state index contributed by atoms with van der Waals surface area (Å²) in [6.45, 7) is 5.58. The highest BCUT2D eigenvalue weighted by Crippen LogP contribution is 2.30. The first-order chi connectivity index (χ1) is 9.71. The maximum Gasteiger partial charge on any atom is 0.323 e.